The number of amides is 1. The molecular formula is C20H41N3O6S. The lowest BCUT2D eigenvalue weighted by Crippen LogP contribution is -2.39. The maximum absolute atomic E-state index is 11.6. The van der Waals surface area contributed by atoms with Crippen molar-refractivity contribution < 1.29 is 27.7 Å². The van der Waals surface area contributed by atoms with Crippen LogP contribution in [-0.4, -0.2) is 67.9 Å². The maximum atomic E-state index is 11.6. The van der Waals surface area contributed by atoms with Gasteiger partial charge in [0, 0.05) is 26.2 Å². The Labute approximate surface area is 181 Å². The SMILES string of the molecule is CCCCCCCCCCCCNCCNCCNC(=O)CC(C(=O)O)S(=O)(=O)O. The molecule has 0 heterocycles. The molecule has 0 radical (unpaired) electrons. The van der Waals surface area contributed by atoms with Crippen LogP contribution in [0.15, 0.2) is 0 Å². The van der Waals surface area contributed by atoms with E-state index in [0.29, 0.717) is 6.54 Å². The van der Waals surface area contributed by atoms with E-state index in [1.165, 1.54) is 64.2 Å². The lowest BCUT2D eigenvalue weighted by Gasteiger charge is -2.10. The van der Waals surface area contributed by atoms with Gasteiger partial charge >= 0.3 is 5.97 Å². The molecule has 1 unspecified atom stereocenters. The molecule has 9 nitrogen and oxygen atoms in total. The van der Waals surface area contributed by atoms with Gasteiger partial charge in [0.05, 0.1) is 6.42 Å². The number of unbranched alkanes of at least 4 members (excludes halogenated alkanes) is 9. The van der Waals surface area contributed by atoms with Crippen molar-refractivity contribution in [1.82, 2.24) is 16.0 Å². The van der Waals surface area contributed by atoms with Crippen LogP contribution in [0.1, 0.15) is 77.6 Å². The fraction of sp³-hybridized carbons (Fsp3) is 0.900. The van der Waals surface area contributed by atoms with Gasteiger partial charge in [0.1, 0.15) is 0 Å². The van der Waals surface area contributed by atoms with Crippen LogP contribution in [0, 0.1) is 0 Å². The van der Waals surface area contributed by atoms with Gasteiger partial charge in [-0.1, -0.05) is 64.7 Å². The summed E-state index contributed by atoms with van der Waals surface area (Å²) in [5.74, 6) is -2.49. The van der Waals surface area contributed by atoms with Crippen LogP contribution in [0.5, 0.6) is 0 Å². The summed E-state index contributed by atoms with van der Waals surface area (Å²) in [7, 11) is -4.81. The predicted octanol–water partition coefficient (Wildman–Crippen LogP) is 1.93. The van der Waals surface area contributed by atoms with Crippen molar-refractivity contribution in [2.24, 2.45) is 0 Å². The molecule has 0 spiro atoms. The third-order valence-corrected chi connectivity index (χ3v) is 5.90. The third-order valence-electron chi connectivity index (χ3n) is 4.82. The molecule has 5 N–H and O–H groups in total. The normalized spacial score (nSPS) is 12.6. The highest BCUT2D eigenvalue weighted by Crippen LogP contribution is 2.10. The molecule has 1 atom stereocenters. The van der Waals surface area contributed by atoms with Crippen molar-refractivity contribution in [3.63, 3.8) is 0 Å². The number of hydrogen-bond donors (Lipinski definition) is 5. The lowest BCUT2D eigenvalue weighted by molar-refractivity contribution is -0.138. The van der Waals surface area contributed by atoms with Gasteiger partial charge in [-0.2, -0.15) is 8.42 Å². The van der Waals surface area contributed by atoms with Gasteiger partial charge < -0.3 is 21.1 Å². The lowest BCUT2D eigenvalue weighted by atomic mass is 10.1. The summed E-state index contributed by atoms with van der Waals surface area (Å²) in [4.78, 5) is 22.4. The first-order valence-electron chi connectivity index (χ1n) is 11.2. The summed E-state index contributed by atoms with van der Waals surface area (Å²) in [5.41, 5.74) is 0. The first-order chi connectivity index (χ1) is 14.3. The fourth-order valence-electron chi connectivity index (χ4n) is 3.02. The summed E-state index contributed by atoms with van der Waals surface area (Å²) in [5, 5.41) is 15.5. The maximum Gasteiger partial charge on any atom is 0.324 e. The number of carbonyl (C=O) groups is 2. The fourth-order valence-corrected chi connectivity index (χ4v) is 3.63. The Kier molecular flexibility index (Phi) is 17.8. The molecule has 0 saturated heterocycles. The highest BCUT2D eigenvalue weighted by atomic mass is 32.2. The van der Waals surface area contributed by atoms with Gasteiger partial charge in [-0.05, 0) is 13.0 Å². The minimum Gasteiger partial charge on any atom is -0.480 e. The molecule has 1 amide bonds. The first-order valence-corrected chi connectivity index (χ1v) is 12.7. The van der Waals surface area contributed by atoms with Gasteiger partial charge in [0.15, 0.2) is 5.25 Å². The molecule has 0 aliphatic carbocycles. The Morgan fingerprint density at radius 2 is 1.23 bits per heavy atom. The van der Waals surface area contributed by atoms with E-state index < -0.39 is 33.7 Å². The second-order valence-electron chi connectivity index (χ2n) is 7.58. The highest BCUT2D eigenvalue weighted by molar-refractivity contribution is 7.87. The van der Waals surface area contributed by atoms with Gasteiger partial charge in [-0.25, -0.2) is 0 Å². The Hall–Kier alpha value is -1.23. The molecule has 0 fully saturated rings. The second kappa shape index (κ2) is 18.5. The van der Waals surface area contributed by atoms with E-state index in [1.54, 1.807) is 0 Å². The molecule has 178 valence electrons. The number of rotatable bonds is 21. The van der Waals surface area contributed by atoms with E-state index >= 15 is 0 Å². The van der Waals surface area contributed by atoms with Crippen molar-refractivity contribution in [3.8, 4) is 0 Å². The van der Waals surface area contributed by atoms with Crippen molar-refractivity contribution in [3.05, 3.63) is 0 Å². The largest absolute Gasteiger partial charge is 0.480 e. The van der Waals surface area contributed by atoms with Crippen LogP contribution < -0.4 is 16.0 Å². The number of aliphatic carboxylic acids is 1. The van der Waals surface area contributed by atoms with Crippen molar-refractivity contribution in [2.75, 3.05) is 32.7 Å². The topological polar surface area (TPSA) is 145 Å². The molecular weight excluding hydrogens is 410 g/mol. The number of hydrogen-bond acceptors (Lipinski definition) is 6. The van der Waals surface area contributed by atoms with Gasteiger partial charge in [-0.15, -0.1) is 0 Å². The Bertz CT molecular complexity index is 557. The van der Waals surface area contributed by atoms with Crippen LogP contribution in [0.3, 0.4) is 0 Å². The zero-order chi connectivity index (χ0) is 22.7. The molecule has 30 heavy (non-hydrogen) atoms. The monoisotopic (exact) mass is 451 g/mol. The molecule has 0 saturated carbocycles. The van der Waals surface area contributed by atoms with E-state index in [1.807, 2.05) is 0 Å². The molecule has 0 aromatic heterocycles. The molecule has 0 rings (SSSR count). The summed E-state index contributed by atoms with van der Waals surface area (Å²) >= 11 is 0. The van der Waals surface area contributed by atoms with Gasteiger partial charge in [0.25, 0.3) is 10.1 Å². The minimum absolute atomic E-state index is 0.245. The second-order valence-corrected chi connectivity index (χ2v) is 9.18. The number of carboxylic acid groups (broad SMARTS) is 1. The zero-order valence-corrected chi connectivity index (χ0v) is 19.1. The summed E-state index contributed by atoms with van der Waals surface area (Å²) in [6.07, 6.45) is 12.4. The van der Waals surface area contributed by atoms with Crippen LogP contribution in [0.2, 0.25) is 0 Å². The van der Waals surface area contributed by atoms with Crippen LogP contribution >= 0.6 is 0 Å². The Morgan fingerprint density at radius 3 is 1.73 bits per heavy atom. The Morgan fingerprint density at radius 1 is 0.767 bits per heavy atom. The van der Waals surface area contributed by atoms with Crippen molar-refractivity contribution >= 4 is 22.0 Å². The molecule has 0 bridgehead atoms. The zero-order valence-electron chi connectivity index (χ0n) is 18.3. The molecule has 0 aromatic carbocycles. The molecule has 0 aromatic rings. The highest BCUT2D eigenvalue weighted by Gasteiger charge is 2.33. The number of carbonyl (C=O) groups excluding carboxylic acids is 1. The van der Waals surface area contributed by atoms with E-state index in [2.05, 4.69) is 22.9 Å². The van der Waals surface area contributed by atoms with Crippen molar-refractivity contribution in [2.45, 2.75) is 82.8 Å². The average molecular weight is 452 g/mol. The average Bonchev–Trinajstić information content (AvgIpc) is 2.67. The van der Waals surface area contributed by atoms with E-state index in [0.717, 1.165) is 19.6 Å². The minimum atomic E-state index is -4.81. The predicted molar refractivity (Wildman–Crippen MR) is 118 cm³/mol. The smallest absolute Gasteiger partial charge is 0.324 e. The molecule has 0 aliphatic rings. The van der Waals surface area contributed by atoms with E-state index in [-0.39, 0.29) is 6.54 Å². The molecule has 0 aliphatic heterocycles. The van der Waals surface area contributed by atoms with Crippen LogP contribution in [0.25, 0.3) is 0 Å². The molecule has 10 heteroatoms. The van der Waals surface area contributed by atoms with Gasteiger partial charge in [-0.3, -0.25) is 14.1 Å². The van der Waals surface area contributed by atoms with E-state index in [9.17, 15) is 18.0 Å². The number of carboxylic acids is 1. The van der Waals surface area contributed by atoms with Gasteiger partial charge in [0.2, 0.25) is 5.91 Å². The van der Waals surface area contributed by atoms with E-state index in [4.69, 9.17) is 9.66 Å². The number of nitrogens with one attached hydrogen (secondary N) is 3. The first kappa shape index (κ1) is 28.8. The quantitative estimate of drug-likeness (QED) is 0.131. The third kappa shape index (κ3) is 17.6. The summed E-state index contributed by atoms with van der Waals surface area (Å²) in [6.45, 7) is 5.50. The van der Waals surface area contributed by atoms with Crippen LogP contribution in [-0.2, 0) is 19.7 Å². The van der Waals surface area contributed by atoms with Crippen LogP contribution in [0.4, 0.5) is 0 Å². The van der Waals surface area contributed by atoms with Crippen molar-refractivity contribution in [1.29, 1.82) is 0 Å². The summed E-state index contributed by atoms with van der Waals surface area (Å²) in [6, 6.07) is 0. The Balaban J connectivity index is 3.42. The summed E-state index contributed by atoms with van der Waals surface area (Å²) < 4.78 is 30.6. The standard InChI is InChI=1S/C20H41N3O6S/c1-2-3-4-5-6-7-8-9-10-11-12-21-13-14-22-15-16-23-19(24)17-18(20(25)26)30(27,28)29/h18,21-22H,2-17H2,1H3,(H,23,24)(H,25,26)(H,27,28,29).